The normalized spacial score (nSPS) is 25.3. The average molecular weight is 338 g/mol. The molecule has 0 unspecified atom stereocenters. The van der Waals surface area contributed by atoms with Crippen LogP contribution in [0.2, 0.25) is 0 Å². The fraction of sp³-hybridized carbons (Fsp3) is 0.562. The number of para-hydroxylation sites is 1. The maximum absolute atomic E-state index is 12.6. The molecular weight excluding hydrogens is 316 g/mol. The lowest BCUT2D eigenvalue weighted by Gasteiger charge is -2.32. The van der Waals surface area contributed by atoms with E-state index in [0.717, 1.165) is 30.6 Å². The number of hydrogen-bond donors (Lipinski definition) is 1. The van der Waals surface area contributed by atoms with Gasteiger partial charge in [-0.2, -0.15) is 0 Å². The van der Waals surface area contributed by atoms with E-state index < -0.39 is 10.0 Å². The predicted octanol–water partition coefficient (Wildman–Crippen LogP) is 1.30. The standard InChI is InChI=1S/C16H22N2O4S/c1-23(20,21)18-9-4-5-12(11-18)16(19)17-14-8-10-22-15-7-3-2-6-13(14)15/h2-3,6-7,12,14H,4-5,8-11H2,1H3,(H,17,19)/t12-,14+/m0/s1. The van der Waals surface area contributed by atoms with Crippen molar-refractivity contribution in [3.05, 3.63) is 29.8 Å². The molecule has 1 aromatic rings. The lowest BCUT2D eigenvalue weighted by atomic mass is 9.96. The van der Waals surface area contributed by atoms with Gasteiger partial charge in [0.25, 0.3) is 0 Å². The number of amides is 1. The van der Waals surface area contributed by atoms with Gasteiger partial charge >= 0.3 is 0 Å². The van der Waals surface area contributed by atoms with Crippen molar-refractivity contribution < 1.29 is 17.9 Å². The molecule has 3 rings (SSSR count). The number of hydrogen-bond acceptors (Lipinski definition) is 4. The van der Waals surface area contributed by atoms with Gasteiger partial charge in [-0.3, -0.25) is 4.79 Å². The van der Waals surface area contributed by atoms with Crippen LogP contribution in [0.15, 0.2) is 24.3 Å². The van der Waals surface area contributed by atoms with Crippen LogP contribution < -0.4 is 10.1 Å². The van der Waals surface area contributed by atoms with E-state index in [1.54, 1.807) is 0 Å². The number of fused-ring (bicyclic) bond motifs is 1. The number of ether oxygens (including phenoxy) is 1. The summed E-state index contributed by atoms with van der Waals surface area (Å²) in [7, 11) is -3.24. The summed E-state index contributed by atoms with van der Waals surface area (Å²) in [4.78, 5) is 12.6. The molecule has 1 fully saturated rings. The molecular formula is C16H22N2O4S. The van der Waals surface area contributed by atoms with Crippen LogP contribution in [0.5, 0.6) is 5.75 Å². The predicted molar refractivity (Wildman–Crippen MR) is 86.6 cm³/mol. The number of benzene rings is 1. The Morgan fingerprint density at radius 3 is 2.87 bits per heavy atom. The zero-order valence-corrected chi connectivity index (χ0v) is 14.0. The van der Waals surface area contributed by atoms with Crippen LogP contribution in [-0.4, -0.2) is 44.6 Å². The largest absolute Gasteiger partial charge is 0.493 e. The monoisotopic (exact) mass is 338 g/mol. The van der Waals surface area contributed by atoms with E-state index in [1.165, 1.54) is 10.6 Å². The van der Waals surface area contributed by atoms with Crippen molar-refractivity contribution in [2.75, 3.05) is 26.0 Å². The summed E-state index contributed by atoms with van der Waals surface area (Å²) in [6, 6.07) is 7.64. The van der Waals surface area contributed by atoms with Crippen molar-refractivity contribution >= 4 is 15.9 Å². The Bertz CT molecular complexity index is 689. The fourth-order valence-electron chi connectivity index (χ4n) is 3.24. The quantitative estimate of drug-likeness (QED) is 0.901. The molecule has 6 nitrogen and oxygen atoms in total. The molecule has 2 heterocycles. The molecule has 0 radical (unpaired) electrons. The highest BCUT2D eigenvalue weighted by molar-refractivity contribution is 7.88. The summed E-state index contributed by atoms with van der Waals surface area (Å²) in [5, 5.41) is 3.08. The van der Waals surface area contributed by atoms with Gasteiger partial charge in [0, 0.05) is 25.1 Å². The molecule has 0 spiro atoms. The first-order valence-electron chi connectivity index (χ1n) is 7.92. The Kier molecular flexibility index (Phi) is 4.59. The van der Waals surface area contributed by atoms with Crippen molar-refractivity contribution in [3.8, 4) is 5.75 Å². The van der Waals surface area contributed by atoms with Gasteiger partial charge in [-0.15, -0.1) is 0 Å². The third-order valence-electron chi connectivity index (χ3n) is 4.50. The molecule has 2 aliphatic rings. The summed E-state index contributed by atoms with van der Waals surface area (Å²) in [6.45, 7) is 1.35. The van der Waals surface area contributed by atoms with Crippen LogP contribution in [0.25, 0.3) is 0 Å². The maximum Gasteiger partial charge on any atom is 0.224 e. The third kappa shape index (κ3) is 3.67. The lowest BCUT2D eigenvalue weighted by molar-refractivity contribution is -0.127. The third-order valence-corrected chi connectivity index (χ3v) is 5.77. The van der Waals surface area contributed by atoms with E-state index in [0.29, 0.717) is 13.2 Å². The smallest absolute Gasteiger partial charge is 0.224 e. The number of carbonyl (C=O) groups is 1. The molecule has 1 saturated heterocycles. The molecule has 7 heteroatoms. The van der Waals surface area contributed by atoms with E-state index in [-0.39, 0.29) is 24.4 Å². The molecule has 1 N–H and O–H groups in total. The number of carbonyl (C=O) groups excluding carboxylic acids is 1. The summed E-state index contributed by atoms with van der Waals surface area (Å²) in [6.07, 6.45) is 3.37. The van der Waals surface area contributed by atoms with Gasteiger partial charge in [-0.05, 0) is 18.9 Å². The number of sulfonamides is 1. The van der Waals surface area contributed by atoms with Crippen molar-refractivity contribution in [2.24, 2.45) is 5.92 Å². The van der Waals surface area contributed by atoms with Crippen molar-refractivity contribution in [1.82, 2.24) is 9.62 Å². The van der Waals surface area contributed by atoms with Gasteiger partial charge in [0.2, 0.25) is 15.9 Å². The van der Waals surface area contributed by atoms with E-state index in [1.807, 2.05) is 24.3 Å². The second kappa shape index (κ2) is 6.49. The average Bonchev–Trinajstić information content (AvgIpc) is 2.54. The van der Waals surface area contributed by atoms with Gasteiger partial charge in [-0.1, -0.05) is 18.2 Å². The Morgan fingerprint density at radius 1 is 1.30 bits per heavy atom. The second-order valence-corrected chi connectivity index (χ2v) is 8.18. The summed E-state index contributed by atoms with van der Waals surface area (Å²) < 4.78 is 30.4. The first kappa shape index (κ1) is 16.3. The van der Waals surface area contributed by atoms with Crippen molar-refractivity contribution in [2.45, 2.75) is 25.3 Å². The molecule has 126 valence electrons. The van der Waals surface area contributed by atoms with Gasteiger partial charge in [0.1, 0.15) is 5.75 Å². The minimum Gasteiger partial charge on any atom is -0.493 e. The van der Waals surface area contributed by atoms with Crippen LogP contribution in [-0.2, 0) is 14.8 Å². The molecule has 0 saturated carbocycles. The summed E-state index contributed by atoms with van der Waals surface area (Å²) in [5.74, 6) is 0.457. The Hall–Kier alpha value is -1.60. The topological polar surface area (TPSA) is 75.7 Å². The molecule has 23 heavy (non-hydrogen) atoms. The van der Waals surface area contributed by atoms with Crippen LogP contribution in [0.1, 0.15) is 30.9 Å². The molecule has 0 aromatic heterocycles. The number of rotatable bonds is 3. The van der Waals surface area contributed by atoms with Gasteiger partial charge in [0.15, 0.2) is 0 Å². The Labute approximate surface area is 136 Å². The molecule has 1 amide bonds. The number of nitrogens with one attached hydrogen (secondary N) is 1. The number of nitrogens with zero attached hydrogens (tertiary/aromatic N) is 1. The van der Waals surface area contributed by atoms with Crippen LogP contribution in [0.4, 0.5) is 0 Å². The van der Waals surface area contributed by atoms with Crippen LogP contribution in [0.3, 0.4) is 0 Å². The highest BCUT2D eigenvalue weighted by Crippen LogP contribution is 2.32. The Balaban J connectivity index is 1.68. The second-order valence-electron chi connectivity index (χ2n) is 6.20. The van der Waals surface area contributed by atoms with E-state index in [9.17, 15) is 13.2 Å². The molecule has 0 aliphatic carbocycles. The molecule has 0 bridgehead atoms. The minimum atomic E-state index is -3.24. The molecule has 2 aliphatic heterocycles. The van der Waals surface area contributed by atoms with E-state index in [4.69, 9.17) is 4.74 Å². The number of piperidine rings is 1. The highest BCUT2D eigenvalue weighted by Gasteiger charge is 2.32. The van der Waals surface area contributed by atoms with Gasteiger partial charge < -0.3 is 10.1 Å². The van der Waals surface area contributed by atoms with Crippen molar-refractivity contribution in [1.29, 1.82) is 0 Å². The summed E-state index contributed by atoms with van der Waals surface area (Å²) >= 11 is 0. The van der Waals surface area contributed by atoms with Gasteiger partial charge in [-0.25, -0.2) is 12.7 Å². The minimum absolute atomic E-state index is 0.0685. The first-order chi connectivity index (χ1) is 10.9. The molecule has 2 atom stereocenters. The zero-order chi connectivity index (χ0) is 16.4. The highest BCUT2D eigenvalue weighted by atomic mass is 32.2. The summed E-state index contributed by atoms with van der Waals surface area (Å²) in [5.41, 5.74) is 0.989. The zero-order valence-electron chi connectivity index (χ0n) is 13.2. The fourth-order valence-corrected chi connectivity index (χ4v) is 4.15. The van der Waals surface area contributed by atoms with E-state index >= 15 is 0 Å². The van der Waals surface area contributed by atoms with E-state index in [2.05, 4.69) is 5.32 Å². The Morgan fingerprint density at radius 2 is 2.09 bits per heavy atom. The SMILES string of the molecule is CS(=O)(=O)N1CCC[C@H](C(=O)N[C@@H]2CCOc3ccccc32)C1. The first-order valence-corrected chi connectivity index (χ1v) is 9.77. The van der Waals surface area contributed by atoms with Crippen LogP contribution >= 0.6 is 0 Å². The maximum atomic E-state index is 12.6. The van der Waals surface area contributed by atoms with Gasteiger partial charge in [0.05, 0.1) is 24.8 Å². The van der Waals surface area contributed by atoms with Crippen LogP contribution in [0, 0.1) is 5.92 Å². The van der Waals surface area contributed by atoms with Crippen molar-refractivity contribution in [3.63, 3.8) is 0 Å². The molecule has 1 aromatic carbocycles. The lowest BCUT2D eigenvalue weighted by Crippen LogP contribution is -2.46.